The van der Waals surface area contributed by atoms with Gasteiger partial charge in [0.25, 0.3) is 0 Å². The Morgan fingerprint density at radius 1 is 0.417 bits per heavy atom. The molecule has 0 unspecified atom stereocenters. The molecule has 5 radical (unpaired) electrons. The van der Waals surface area contributed by atoms with Gasteiger partial charge in [-0.2, -0.15) is 4.90 Å². The number of piperidine rings is 4. The minimum absolute atomic E-state index is 0. The van der Waals surface area contributed by atoms with E-state index < -0.39 is 0 Å². The normalized spacial score (nSPS) is 18.6. The van der Waals surface area contributed by atoms with Crippen LogP contribution >= 0.6 is 115 Å². The van der Waals surface area contributed by atoms with Gasteiger partial charge in [-0.15, -0.1) is 0 Å². The average molecular weight is 2130 g/mol. The summed E-state index contributed by atoms with van der Waals surface area (Å²) in [6.45, 7) is 12.8. The van der Waals surface area contributed by atoms with Crippen LogP contribution in [0.25, 0.3) is 22.6 Å². The second kappa shape index (κ2) is 43.5. The van der Waals surface area contributed by atoms with Crippen molar-refractivity contribution >= 4 is 208 Å². The van der Waals surface area contributed by atoms with Crippen molar-refractivity contribution in [2.24, 2.45) is 33.1 Å². The fourth-order valence-corrected chi connectivity index (χ4v) is 23.5. The van der Waals surface area contributed by atoms with Crippen molar-refractivity contribution in [2.45, 2.75) is 154 Å². The van der Waals surface area contributed by atoms with Gasteiger partial charge in [-0.1, -0.05) is 99.2 Å². The topological polar surface area (TPSA) is 363 Å². The molecule has 4 aliphatic heterocycles. The number of fused-ring (bicyclic) bond motifs is 8. The number of nitrogens with one attached hydrogen (secondary N) is 1. The predicted octanol–water partition coefficient (Wildman–Crippen LogP) is 13.6. The van der Waals surface area contributed by atoms with Gasteiger partial charge in [-0.05, 0) is 256 Å². The van der Waals surface area contributed by atoms with Crippen molar-refractivity contribution in [3.8, 4) is 0 Å². The molecular weight excluding hydrogens is 2030 g/mol. The third-order valence-electron chi connectivity index (χ3n) is 26.9. The molecule has 0 bridgehead atoms. The summed E-state index contributed by atoms with van der Waals surface area (Å²) < 4.78 is 10.1. The summed E-state index contributed by atoms with van der Waals surface area (Å²) in [6.07, 6.45) is 54.4. The largest absolute Gasteiger partial charge is 1.00 e. The van der Waals surface area contributed by atoms with Gasteiger partial charge in [0.1, 0.15) is 17.5 Å². The first-order chi connectivity index (χ1) is 62.5. The Morgan fingerprint density at radius 3 is 1.23 bits per heavy atom. The Morgan fingerprint density at radius 2 is 0.795 bits per heavy atom. The quantitative estimate of drug-likeness (QED) is 0.0373. The van der Waals surface area contributed by atoms with Crippen molar-refractivity contribution < 1.29 is 29.6 Å². The van der Waals surface area contributed by atoms with E-state index in [-0.39, 0.29) is 61.9 Å². The summed E-state index contributed by atoms with van der Waals surface area (Å²) in [7, 11) is 10.0. The van der Waals surface area contributed by atoms with E-state index in [1.165, 1.54) is 106 Å². The maximum atomic E-state index is 6.71. The fraction of sp³-hybridized carbons (Fsp3) is 0.352. The molecule has 0 amide bonds. The van der Waals surface area contributed by atoms with Crippen LogP contribution in [0.1, 0.15) is 149 Å². The Bertz CT molecular complexity index is 6270. The van der Waals surface area contributed by atoms with E-state index in [0.717, 1.165) is 172 Å². The van der Waals surface area contributed by atoms with Gasteiger partial charge in [0.2, 0.25) is 23.1 Å². The van der Waals surface area contributed by atoms with Crippen molar-refractivity contribution in [1.29, 1.82) is 0 Å². The molecule has 4 aliphatic carbocycles. The van der Waals surface area contributed by atoms with E-state index in [9.17, 15) is 0 Å². The van der Waals surface area contributed by atoms with Gasteiger partial charge < -0.3 is 61.3 Å². The molecule has 15 aromatic heterocycles. The van der Waals surface area contributed by atoms with Crippen LogP contribution in [0.5, 0.6) is 0 Å². The van der Waals surface area contributed by atoms with Crippen LogP contribution in [-0.2, 0) is 38.3 Å². The first-order valence-corrected chi connectivity index (χ1v) is 48.2. The number of anilines is 6. The van der Waals surface area contributed by atoms with Gasteiger partial charge in [0.05, 0.1) is 32.0 Å². The van der Waals surface area contributed by atoms with E-state index >= 15 is 0 Å². The zero-order chi connectivity index (χ0) is 89.9. The molecule has 23 rings (SSSR count). The van der Waals surface area contributed by atoms with Crippen molar-refractivity contribution in [1.82, 2.24) is 97.7 Å². The summed E-state index contributed by atoms with van der Waals surface area (Å²) in [5.41, 5.74) is 45.7. The van der Waals surface area contributed by atoms with Gasteiger partial charge in [0.15, 0.2) is 22.6 Å². The summed E-state index contributed by atoms with van der Waals surface area (Å²) in [6, 6.07) is 16.2. The molecule has 4 fully saturated rings. The molecule has 132 heavy (non-hydrogen) atoms. The number of imidazole rings is 4. The molecule has 15 aromatic rings. The second-order valence-electron chi connectivity index (χ2n) is 33.6. The summed E-state index contributed by atoms with van der Waals surface area (Å²) in [5.74, 6) is 4.93. The Kier molecular flexibility index (Phi) is 32.9. The molecule has 0 saturated carbocycles. The smallest absolute Gasteiger partial charge is 0.778 e. The van der Waals surface area contributed by atoms with Crippen molar-refractivity contribution in [3.63, 3.8) is 0 Å². The van der Waals surface area contributed by atoms with Crippen LogP contribution in [-0.4, -0.2) is 167 Å². The van der Waals surface area contributed by atoms with E-state index in [4.69, 9.17) is 103 Å². The zero-order valence-electron chi connectivity index (χ0n) is 71.7. The third kappa shape index (κ3) is 20.4. The van der Waals surface area contributed by atoms with E-state index in [2.05, 4.69) is 200 Å². The molecule has 4 atom stereocenters. The Hall–Kier alpha value is -8.06. The molecule has 4 spiro atoms. The van der Waals surface area contributed by atoms with E-state index in [1.54, 1.807) is 47.6 Å². The average Bonchev–Trinajstić information content (AvgIpc) is 1.58. The van der Waals surface area contributed by atoms with E-state index in [1.807, 2.05) is 103 Å². The molecule has 11 N–H and O–H groups in total. The molecule has 673 valence electrons. The van der Waals surface area contributed by atoms with Crippen LogP contribution in [0.15, 0.2) is 209 Å². The number of pyridine rings is 7. The monoisotopic (exact) mass is 2130 g/mol. The molecule has 19 heterocycles. The van der Waals surface area contributed by atoms with Gasteiger partial charge >= 0.3 is 29.6 Å². The number of hydrogen-bond donors (Lipinski definition) is 6. The number of halogens is 6. The number of aromatic nitrogens is 19. The maximum Gasteiger partial charge on any atom is 1.00 e. The minimum atomic E-state index is 0. The number of hydrogen-bond acceptors (Lipinski definition) is 27. The Balaban J connectivity index is 0.000000133. The van der Waals surface area contributed by atoms with E-state index in [0.29, 0.717) is 70.8 Å². The van der Waals surface area contributed by atoms with Gasteiger partial charge in [-0.3, -0.25) is 37.5 Å². The standard InChI is InChI=1S/C24H24ClN7S.C23H23ClN8S.C19H20IN5.C12H17N3.C6H3ClIN3.C5H5ClN2S.2CH4.B3.Na/c1-15-17-13-27-6-2-16(17)12-24(15)4-9-31(10-5-24)23-30-14-19(22-29-8-11-32(22)23)33-18-3-7-28-21(26)20(18)25;24-18-16(2-6-28-20(18)26)33-17-13-30-22(32-10-7-29-21(17)32)31-8-3-23(4-9-31)11-14-1-5-27-12-15(14)19(23)25;1-13-15-11-21-5-2-14(15)10-19(13)3-7-24(8-4-19)18-23-12-16(20)17-22-6-9-25(17)18;13-11-9-2-1-5-15-10(9)8-12(11)3-6-14-7-4-12;7-6-10-3-4(8)5-9-1-2-11(5)6;6-4-3(9)1-2-8-5(4)7;;;1-3-2;/h2-3,6-8,11,13-15H,4-5,9-10,12H2,1H3,(H2,26,28);1-2,5-7,10,12-13,19H,3-4,8-9,11,25H2,(H2,26,28);2,5-6,9,11-13H,3-4,7-8,10H2,1H3;1-2,5,11,14H,3-4,6-8,13H2;1-3H;1-2H,(H3,7,8,9);2*1H4;;/q;;;;;;;;;+1/p-1/t15-;19-;13-;11-;;;;;;/m1111....../s1. The summed E-state index contributed by atoms with van der Waals surface area (Å²) in [5, 5.41) is 5.12. The molecule has 8 aliphatic rings. The number of nitrogens with two attached hydrogens (primary N) is 5. The van der Waals surface area contributed by atoms with Crippen LogP contribution in [0.4, 0.5) is 35.3 Å². The second-order valence-corrected chi connectivity index (χ2v) is 40.0. The molecule has 28 nitrogen and oxygen atoms in total. The van der Waals surface area contributed by atoms with Gasteiger partial charge in [-0.25, -0.2) is 54.8 Å². The number of nitrogen functional groups attached to an aromatic ring is 3. The fourth-order valence-electron chi connectivity index (χ4n) is 19.7. The molecule has 41 heteroatoms. The Labute approximate surface area is 855 Å². The maximum absolute atomic E-state index is 6.71. The van der Waals surface area contributed by atoms with Crippen LogP contribution in [0, 0.1) is 28.8 Å². The first-order valence-electron chi connectivity index (χ1n) is 42.4. The third-order valence-corrected chi connectivity index (χ3v) is 32.7. The predicted molar refractivity (Wildman–Crippen MR) is 547 cm³/mol. The molecular formula is C91H99B3Cl4I2N28NaS3. The zero-order valence-corrected chi connectivity index (χ0v) is 83.5. The van der Waals surface area contributed by atoms with Crippen LogP contribution < -0.4 is 78.2 Å². The molecule has 4 saturated heterocycles. The van der Waals surface area contributed by atoms with Crippen LogP contribution in [0.2, 0.25) is 20.4 Å². The summed E-state index contributed by atoms with van der Waals surface area (Å²) in [4.78, 5) is 76.6. The number of nitrogens with zero attached hydrogens (tertiary/aromatic N) is 22. The van der Waals surface area contributed by atoms with Crippen molar-refractivity contribution in [3.05, 3.63) is 257 Å². The number of rotatable bonds is 7. The van der Waals surface area contributed by atoms with Crippen LogP contribution in [0.3, 0.4) is 0 Å². The van der Waals surface area contributed by atoms with Gasteiger partial charge in [0, 0.05) is 226 Å². The summed E-state index contributed by atoms with van der Waals surface area (Å²) >= 11 is 36.3. The SMILES string of the molecule is C.C.C[C@@H]1c2cnccc2CC12CCN(c1ncc(I)c3nccn13)CC2.C[C@@H]1c2cnccc2CC12CCN(c1ncc(Sc3ccnc(N)c3Cl)c3nccn13)CC2.Clc1ncc(I)c2nccn12.N[C@@H]1c2cccnc2CC12CCNCC2.Nc1nccc(Sc2cnc(N3CCC4(CC3)Cc3ccncc3[C@H]4N)n3ccnc23)c1Cl.Nc1nccc([S-])c1Cl.[B][B][B].[Na+]. The van der Waals surface area contributed by atoms with Crippen molar-refractivity contribution in [2.75, 3.05) is 84.3 Å². The minimum Gasteiger partial charge on any atom is -0.778 e. The first kappa shape index (κ1) is 99.9. The molecule has 0 aromatic carbocycles.